The Hall–Kier alpha value is -1.14. The van der Waals surface area contributed by atoms with E-state index < -0.39 is 16.4 Å². The largest absolute Gasteiger partial charge is 0.372 e. The molecule has 0 saturated heterocycles. The van der Waals surface area contributed by atoms with E-state index in [0.717, 1.165) is 12.8 Å². The molecular formula is C19H26Cl3NO4. The Bertz CT molecular complexity index is 649. The number of unbranched alkanes of at least 4 members (excludes halogenated alkanes) is 1. The molecule has 0 unspecified atom stereocenters. The molecule has 5 nitrogen and oxygen atoms in total. The van der Waals surface area contributed by atoms with Crippen LogP contribution in [0.2, 0.25) is 0 Å². The number of hydrogen-bond donors (Lipinski definition) is 1. The molecule has 27 heavy (non-hydrogen) atoms. The lowest BCUT2D eigenvalue weighted by molar-refractivity contribution is -0.120. The van der Waals surface area contributed by atoms with E-state index in [1.54, 1.807) is 20.8 Å². The van der Waals surface area contributed by atoms with E-state index in [1.165, 1.54) is 0 Å². The Morgan fingerprint density at radius 2 is 1.37 bits per heavy atom. The smallest absolute Gasteiger partial charge is 0.253 e. The summed E-state index contributed by atoms with van der Waals surface area (Å²) in [4.78, 5) is 35.6. The second-order valence-corrected chi connectivity index (χ2v) is 6.61. The maximum absolute atomic E-state index is 12.1. The summed E-state index contributed by atoms with van der Waals surface area (Å²) in [6.07, 6.45) is 1.57. The molecule has 0 radical (unpaired) electrons. The highest BCUT2D eigenvalue weighted by atomic mass is 35.5. The van der Waals surface area contributed by atoms with E-state index in [0.29, 0.717) is 34.9 Å². The summed E-state index contributed by atoms with van der Waals surface area (Å²) >= 11 is 16.9. The molecule has 0 aliphatic carbocycles. The van der Waals surface area contributed by atoms with Crippen molar-refractivity contribution in [3.05, 3.63) is 27.8 Å². The third-order valence-corrected chi connectivity index (χ3v) is 4.46. The quantitative estimate of drug-likeness (QED) is 0.319. The van der Waals surface area contributed by atoms with Gasteiger partial charge in [0, 0.05) is 29.3 Å². The molecule has 0 saturated carbocycles. The number of carbonyl (C=O) groups excluding carboxylic acids is 3. The summed E-state index contributed by atoms with van der Waals surface area (Å²) < 4.78 is 5.27. The lowest BCUT2D eigenvalue weighted by Gasteiger charge is -2.19. The third-order valence-electron chi connectivity index (χ3n) is 3.81. The van der Waals surface area contributed by atoms with E-state index in [9.17, 15) is 14.4 Å². The van der Waals surface area contributed by atoms with E-state index >= 15 is 0 Å². The summed E-state index contributed by atoms with van der Waals surface area (Å²) in [6.45, 7) is 9.16. The van der Waals surface area contributed by atoms with Crippen molar-refractivity contribution >= 4 is 56.9 Å². The molecule has 0 heterocycles. The Kier molecular flexibility index (Phi) is 12.6. The number of ether oxygens (including phenoxy) is 1. The third kappa shape index (κ3) is 7.41. The van der Waals surface area contributed by atoms with Gasteiger partial charge in [-0.05, 0) is 73.5 Å². The van der Waals surface area contributed by atoms with Crippen molar-refractivity contribution in [2.24, 2.45) is 0 Å². The van der Waals surface area contributed by atoms with Crippen LogP contribution in [0.15, 0.2) is 0 Å². The van der Waals surface area contributed by atoms with Crippen LogP contribution >= 0.6 is 34.8 Å². The summed E-state index contributed by atoms with van der Waals surface area (Å²) in [5.74, 6) is 0.142. The Labute approximate surface area is 175 Å². The fraction of sp³-hybridized carbons (Fsp3) is 0.526. The molecule has 152 valence electrons. The number of carbonyl (C=O) groups is 3. The Balaban J connectivity index is 0.00000326. The first-order valence-corrected chi connectivity index (χ1v) is 9.98. The topological polar surface area (TPSA) is 72.5 Å². The first-order chi connectivity index (χ1) is 12.7. The molecule has 0 atom stereocenters. The zero-order valence-electron chi connectivity index (χ0n) is 16.3. The standard InChI is InChI=1S/C17H20Cl3NO4.C2H6/c1-9-13(16(19)23)10(2)15(11(3)14(9)17(20)24)21-12(22)8-25-7-5-4-6-18;1-2/h4-8H2,1-3H3,(H,21,22);1-2H3. The number of anilines is 1. The number of alkyl halides is 1. The average Bonchev–Trinajstić information content (AvgIpc) is 2.59. The number of halogens is 3. The van der Waals surface area contributed by atoms with Crippen molar-refractivity contribution in [2.45, 2.75) is 47.5 Å². The predicted octanol–water partition coefficient (Wildman–Crippen LogP) is 5.37. The second kappa shape index (κ2) is 13.1. The van der Waals surface area contributed by atoms with Crippen LogP contribution in [0.5, 0.6) is 0 Å². The number of nitrogens with one attached hydrogen (secondary N) is 1. The van der Waals surface area contributed by atoms with Crippen LogP contribution in [0.1, 0.15) is 64.1 Å². The van der Waals surface area contributed by atoms with Gasteiger partial charge in [0.1, 0.15) is 6.61 Å². The van der Waals surface area contributed by atoms with E-state index in [-0.39, 0.29) is 17.7 Å². The van der Waals surface area contributed by atoms with Gasteiger partial charge in [-0.3, -0.25) is 14.4 Å². The van der Waals surface area contributed by atoms with Crippen LogP contribution in [0, 0.1) is 20.8 Å². The minimum Gasteiger partial charge on any atom is -0.372 e. The van der Waals surface area contributed by atoms with Crippen molar-refractivity contribution in [1.82, 2.24) is 0 Å². The lowest BCUT2D eigenvalue weighted by Crippen LogP contribution is -2.22. The average molecular weight is 439 g/mol. The van der Waals surface area contributed by atoms with Crippen LogP contribution in [0.25, 0.3) is 0 Å². The highest BCUT2D eigenvalue weighted by Gasteiger charge is 2.24. The number of amides is 1. The molecule has 0 aliphatic heterocycles. The first-order valence-electron chi connectivity index (χ1n) is 8.69. The van der Waals surface area contributed by atoms with Crippen molar-refractivity contribution < 1.29 is 19.1 Å². The van der Waals surface area contributed by atoms with E-state index in [2.05, 4.69) is 5.32 Å². The summed E-state index contributed by atoms with van der Waals surface area (Å²) in [5, 5.41) is 1.23. The van der Waals surface area contributed by atoms with Gasteiger partial charge in [0.25, 0.3) is 10.5 Å². The summed E-state index contributed by atoms with van der Waals surface area (Å²) in [7, 11) is 0. The number of benzene rings is 1. The van der Waals surface area contributed by atoms with Crippen LogP contribution in [-0.2, 0) is 9.53 Å². The van der Waals surface area contributed by atoms with Crippen molar-refractivity contribution in [3.8, 4) is 0 Å². The number of rotatable bonds is 9. The zero-order valence-corrected chi connectivity index (χ0v) is 18.6. The van der Waals surface area contributed by atoms with E-state index in [4.69, 9.17) is 39.5 Å². The molecule has 1 rings (SSSR count). The van der Waals surface area contributed by atoms with Crippen LogP contribution < -0.4 is 5.32 Å². The van der Waals surface area contributed by atoms with Gasteiger partial charge >= 0.3 is 0 Å². The minimum absolute atomic E-state index is 0.149. The molecule has 0 fully saturated rings. The second-order valence-electron chi connectivity index (χ2n) is 5.54. The SMILES string of the molecule is CC.Cc1c(NC(=O)COCCCCCl)c(C)c(C(=O)Cl)c(C)c1C(=O)Cl. The normalized spacial score (nSPS) is 10.1. The maximum Gasteiger partial charge on any atom is 0.253 e. The van der Waals surface area contributed by atoms with Gasteiger partial charge in [-0.1, -0.05) is 13.8 Å². The molecule has 0 aliphatic rings. The summed E-state index contributed by atoms with van der Waals surface area (Å²) in [5.41, 5.74) is 2.02. The van der Waals surface area contributed by atoms with Gasteiger partial charge in [0.2, 0.25) is 5.91 Å². The lowest BCUT2D eigenvalue weighted by atomic mass is 9.92. The van der Waals surface area contributed by atoms with Gasteiger partial charge in [-0.2, -0.15) is 0 Å². The molecule has 1 N–H and O–H groups in total. The van der Waals surface area contributed by atoms with Crippen molar-refractivity contribution in [1.29, 1.82) is 0 Å². The highest BCUT2D eigenvalue weighted by molar-refractivity contribution is 6.69. The Morgan fingerprint density at radius 3 is 1.78 bits per heavy atom. The molecular weight excluding hydrogens is 413 g/mol. The molecule has 1 amide bonds. The zero-order chi connectivity index (χ0) is 21.1. The fourth-order valence-corrected chi connectivity index (χ4v) is 3.39. The molecule has 1 aromatic rings. The fourth-order valence-electron chi connectivity index (χ4n) is 2.63. The molecule has 1 aromatic carbocycles. The van der Waals surface area contributed by atoms with Gasteiger partial charge in [0.15, 0.2) is 0 Å². The van der Waals surface area contributed by atoms with Crippen LogP contribution in [-0.4, -0.2) is 35.5 Å². The van der Waals surface area contributed by atoms with E-state index in [1.807, 2.05) is 13.8 Å². The molecule has 0 spiro atoms. The van der Waals surface area contributed by atoms with Gasteiger partial charge < -0.3 is 10.1 Å². The first kappa shape index (κ1) is 25.9. The van der Waals surface area contributed by atoms with Crippen molar-refractivity contribution in [3.63, 3.8) is 0 Å². The summed E-state index contributed by atoms with van der Waals surface area (Å²) in [6, 6.07) is 0. The number of hydrogen-bond acceptors (Lipinski definition) is 4. The van der Waals surface area contributed by atoms with Gasteiger partial charge in [-0.15, -0.1) is 11.6 Å². The van der Waals surface area contributed by atoms with Crippen LogP contribution in [0.3, 0.4) is 0 Å². The Morgan fingerprint density at radius 1 is 0.889 bits per heavy atom. The van der Waals surface area contributed by atoms with Gasteiger partial charge in [-0.25, -0.2) is 0 Å². The van der Waals surface area contributed by atoms with Crippen LogP contribution in [0.4, 0.5) is 5.69 Å². The molecule has 0 bridgehead atoms. The van der Waals surface area contributed by atoms with Crippen molar-refractivity contribution in [2.75, 3.05) is 24.4 Å². The van der Waals surface area contributed by atoms with Gasteiger partial charge in [0.05, 0.1) is 0 Å². The highest BCUT2D eigenvalue weighted by Crippen LogP contribution is 2.33. The maximum atomic E-state index is 12.1. The monoisotopic (exact) mass is 437 g/mol. The predicted molar refractivity (Wildman–Crippen MR) is 112 cm³/mol. The minimum atomic E-state index is -0.720. The molecule has 8 heteroatoms. The molecule has 0 aromatic heterocycles.